The van der Waals surface area contributed by atoms with E-state index in [0.717, 1.165) is 11.3 Å². The first-order chi connectivity index (χ1) is 12.6. The Kier molecular flexibility index (Phi) is 5.41. The molecule has 0 spiro atoms. The molecule has 1 amide bonds. The molecule has 0 aliphatic carbocycles. The molecule has 0 aliphatic rings. The van der Waals surface area contributed by atoms with Crippen LogP contribution in [0.25, 0.3) is 5.69 Å². The predicted octanol–water partition coefficient (Wildman–Crippen LogP) is 2.83. The number of benzene rings is 1. The Bertz CT molecular complexity index is 910. The normalized spacial score (nSPS) is 11.9. The molecule has 0 saturated carbocycles. The SMILES string of the molecule is C[C@H](c1ccc(-n2cncn2)cc1)N(C)CC(=O)Nc1sccc1C#N. The van der Waals surface area contributed by atoms with Crippen LogP contribution in [0.5, 0.6) is 0 Å². The standard InChI is InChI=1S/C18H18N6OS/c1-13(14-3-5-16(6-4-14)24-12-20-11-21-24)23(2)10-17(25)22-18-15(9-19)7-8-26-18/h3-8,11-13H,10H2,1-2H3,(H,22,25)/t13-/m1/s1. The second kappa shape index (κ2) is 7.91. The highest BCUT2D eigenvalue weighted by Gasteiger charge is 2.16. The maximum absolute atomic E-state index is 12.3. The molecule has 0 saturated heterocycles. The number of hydrogen-bond donors (Lipinski definition) is 1. The third-order valence-corrected chi connectivity index (χ3v) is 4.98. The van der Waals surface area contributed by atoms with Crippen LogP contribution < -0.4 is 5.32 Å². The summed E-state index contributed by atoms with van der Waals surface area (Å²) in [4.78, 5) is 18.2. The van der Waals surface area contributed by atoms with E-state index in [1.165, 1.54) is 17.7 Å². The van der Waals surface area contributed by atoms with Gasteiger partial charge in [0, 0.05) is 6.04 Å². The van der Waals surface area contributed by atoms with Crippen molar-refractivity contribution >= 4 is 22.2 Å². The molecule has 7 nitrogen and oxygen atoms in total. The van der Waals surface area contributed by atoms with Crippen LogP contribution in [-0.2, 0) is 4.79 Å². The molecular formula is C18H18N6OS. The maximum atomic E-state index is 12.3. The highest BCUT2D eigenvalue weighted by molar-refractivity contribution is 7.14. The van der Waals surface area contributed by atoms with Crippen LogP contribution in [0.2, 0.25) is 0 Å². The van der Waals surface area contributed by atoms with E-state index in [-0.39, 0.29) is 18.5 Å². The summed E-state index contributed by atoms with van der Waals surface area (Å²) < 4.78 is 1.69. The summed E-state index contributed by atoms with van der Waals surface area (Å²) in [5.41, 5.74) is 2.52. The summed E-state index contributed by atoms with van der Waals surface area (Å²) in [6.07, 6.45) is 3.14. The molecule has 26 heavy (non-hydrogen) atoms. The smallest absolute Gasteiger partial charge is 0.239 e. The number of hydrogen-bond acceptors (Lipinski definition) is 6. The molecule has 0 fully saturated rings. The first-order valence-electron chi connectivity index (χ1n) is 8.01. The van der Waals surface area contributed by atoms with Gasteiger partial charge < -0.3 is 5.32 Å². The van der Waals surface area contributed by atoms with Crippen molar-refractivity contribution in [3.8, 4) is 11.8 Å². The van der Waals surface area contributed by atoms with Crippen molar-refractivity contribution in [3.05, 3.63) is 59.5 Å². The Morgan fingerprint density at radius 2 is 2.15 bits per heavy atom. The van der Waals surface area contributed by atoms with Gasteiger partial charge in [0.25, 0.3) is 0 Å². The van der Waals surface area contributed by atoms with E-state index < -0.39 is 0 Å². The van der Waals surface area contributed by atoms with Crippen molar-refractivity contribution < 1.29 is 4.79 Å². The fraction of sp³-hybridized carbons (Fsp3) is 0.222. The van der Waals surface area contributed by atoms with Crippen molar-refractivity contribution in [1.82, 2.24) is 19.7 Å². The van der Waals surface area contributed by atoms with Crippen LogP contribution in [0.3, 0.4) is 0 Å². The van der Waals surface area contributed by atoms with Crippen LogP contribution in [-0.4, -0.2) is 39.2 Å². The van der Waals surface area contributed by atoms with Gasteiger partial charge in [-0.2, -0.15) is 10.4 Å². The number of nitriles is 1. The zero-order valence-corrected chi connectivity index (χ0v) is 15.3. The Hall–Kier alpha value is -3.02. The van der Waals surface area contributed by atoms with Crippen molar-refractivity contribution in [2.45, 2.75) is 13.0 Å². The van der Waals surface area contributed by atoms with Crippen molar-refractivity contribution in [3.63, 3.8) is 0 Å². The minimum atomic E-state index is -0.141. The highest BCUT2D eigenvalue weighted by atomic mass is 32.1. The molecule has 2 heterocycles. The summed E-state index contributed by atoms with van der Waals surface area (Å²) >= 11 is 1.35. The monoisotopic (exact) mass is 366 g/mol. The molecule has 3 rings (SSSR count). The van der Waals surface area contributed by atoms with Gasteiger partial charge in [-0.3, -0.25) is 9.69 Å². The largest absolute Gasteiger partial charge is 0.315 e. The van der Waals surface area contributed by atoms with Crippen LogP contribution in [0, 0.1) is 11.3 Å². The molecule has 0 bridgehead atoms. The van der Waals surface area contributed by atoms with Gasteiger partial charge >= 0.3 is 0 Å². The Labute approximate surface area is 155 Å². The minimum absolute atomic E-state index is 0.0596. The van der Waals surface area contributed by atoms with E-state index in [1.807, 2.05) is 43.1 Å². The average Bonchev–Trinajstić information content (AvgIpc) is 3.32. The Morgan fingerprint density at radius 3 is 2.81 bits per heavy atom. The van der Waals surface area contributed by atoms with Gasteiger partial charge in [0.2, 0.25) is 5.91 Å². The van der Waals surface area contributed by atoms with Gasteiger partial charge in [0.15, 0.2) is 0 Å². The molecular weight excluding hydrogens is 348 g/mol. The fourth-order valence-electron chi connectivity index (χ4n) is 2.53. The van der Waals surface area contributed by atoms with Crippen molar-refractivity contribution in [2.75, 3.05) is 18.9 Å². The number of rotatable bonds is 6. The lowest BCUT2D eigenvalue weighted by molar-refractivity contribution is -0.117. The van der Waals surface area contributed by atoms with E-state index in [2.05, 4.69) is 21.5 Å². The first kappa shape index (κ1) is 17.8. The van der Waals surface area contributed by atoms with Crippen LogP contribution in [0.1, 0.15) is 24.1 Å². The number of carbonyl (C=O) groups is 1. The van der Waals surface area contributed by atoms with Crippen LogP contribution in [0.4, 0.5) is 5.00 Å². The second-order valence-electron chi connectivity index (χ2n) is 5.85. The lowest BCUT2D eigenvalue weighted by atomic mass is 10.1. The molecule has 132 valence electrons. The minimum Gasteiger partial charge on any atom is -0.315 e. The van der Waals surface area contributed by atoms with Crippen LogP contribution >= 0.6 is 11.3 Å². The van der Waals surface area contributed by atoms with Gasteiger partial charge in [0.1, 0.15) is 23.7 Å². The summed E-state index contributed by atoms with van der Waals surface area (Å²) in [5.74, 6) is -0.141. The number of carbonyl (C=O) groups excluding carboxylic acids is 1. The Morgan fingerprint density at radius 1 is 1.38 bits per heavy atom. The van der Waals surface area contributed by atoms with E-state index in [4.69, 9.17) is 5.26 Å². The highest BCUT2D eigenvalue weighted by Crippen LogP contribution is 2.23. The number of anilines is 1. The molecule has 0 aliphatic heterocycles. The van der Waals surface area contributed by atoms with Gasteiger partial charge in [0.05, 0.1) is 17.8 Å². The summed E-state index contributed by atoms with van der Waals surface area (Å²) in [7, 11) is 1.90. The number of nitrogens with zero attached hydrogens (tertiary/aromatic N) is 5. The average molecular weight is 366 g/mol. The van der Waals surface area contributed by atoms with E-state index in [0.29, 0.717) is 10.6 Å². The topological polar surface area (TPSA) is 86.8 Å². The molecule has 3 aromatic rings. The lowest BCUT2D eigenvalue weighted by Gasteiger charge is -2.24. The first-order valence-corrected chi connectivity index (χ1v) is 8.89. The summed E-state index contributed by atoms with van der Waals surface area (Å²) in [5, 5.41) is 18.3. The lowest BCUT2D eigenvalue weighted by Crippen LogP contribution is -2.32. The third-order valence-electron chi connectivity index (χ3n) is 4.15. The van der Waals surface area contributed by atoms with Gasteiger partial charge in [-0.1, -0.05) is 12.1 Å². The number of thiophene rings is 1. The van der Waals surface area contributed by atoms with Crippen molar-refractivity contribution in [2.24, 2.45) is 0 Å². The number of likely N-dealkylation sites (N-methyl/N-ethyl adjacent to an activating group) is 1. The number of amides is 1. The van der Waals surface area contributed by atoms with Gasteiger partial charge in [-0.05, 0) is 43.1 Å². The zero-order chi connectivity index (χ0) is 18.5. The summed E-state index contributed by atoms with van der Waals surface area (Å²) in [6.45, 7) is 2.28. The predicted molar refractivity (Wildman–Crippen MR) is 100 cm³/mol. The van der Waals surface area contributed by atoms with Crippen LogP contribution in [0.15, 0.2) is 48.4 Å². The van der Waals surface area contributed by atoms with E-state index in [9.17, 15) is 4.79 Å². The fourth-order valence-corrected chi connectivity index (χ4v) is 3.28. The molecule has 1 atom stereocenters. The maximum Gasteiger partial charge on any atom is 0.239 e. The molecule has 8 heteroatoms. The third kappa shape index (κ3) is 3.96. The van der Waals surface area contributed by atoms with E-state index >= 15 is 0 Å². The molecule has 0 radical (unpaired) electrons. The second-order valence-corrected chi connectivity index (χ2v) is 6.76. The molecule has 2 aromatic heterocycles. The van der Waals surface area contributed by atoms with Gasteiger partial charge in [-0.25, -0.2) is 9.67 Å². The Balaban J connectivity index is 1.61. The number of aromatic nitrogens is 3. The number of nitrogens with one attached hydrogen (secondary N) is 1. The molecule has 1 N–H and O–H groups in total. The quantitative estimate of drug-likeness (QED) is 0.725. The molecule has 0 unspecified atom stereocenters. The summed E-state index contributed by atoms with van der Waals surface area (Å²) in [6, 6.07) is 11.8. The van der Waals surface area contributed by atoms with E-state index in [1.54, 1.807) is 22.5 Å². The zero-order valence-electron chi connectivity index (χ0n) is 14.5. The van der Waals surface area contributed by atoms with Crippen molar-refractivity contribution in [1.29, 1.82) is 5.26 Å². The molecule has 1 aromatic carbocycles. The van der Waals surface area contributed by atoms with Gasteiger partial charge in [-0.15, -0.1) is 11.3 Å².